The Morgan fingerprint density at radius 1 is 1.10 bits per heavy atom. The van der Waals surface area contributed by atoms with Crippen molar-refractivity contribution in [1.29, 1.82) is 0 Å². The Balaban J connectivity index is 2.11. The van der Waals surface area contributed by atoms with E-state index in [1.165, 1.54) is 0 Å². The number of aryl methyl sites for hydroxylation is 1. The van der Waals surface area contributed by atoms with Crippen LogP contribution in [0.3, 0.4) is 0 Å². The third-order valence-electron chi connectivity index (χ3n) is 3.18. The van der Waals surface area contributed by atoms with E-state index in [1.54, 1.807) is 0 Å². The first-order valence-electron chi connectivity index (χ1n) is 7.01. The third kappa shape index (κ3) is 4.43. The lowest BCUT2D eigenvalue weighted by Gasteiger charge is -2.14. The summed E-state index contributed by atoms with van der Waals surface area (Å²) < 4.78 is 5.42. The summed E-state index contributed by atoms with van der Waals surface area (Å²) >= 11 is 0. The first-order valence-corrected chi connectivity index (χ1v) is 7.01. The monoisotopic (exact) mass is 283 g/mol. The predicted octanol–water partition coefficient (Wildman–Crippen LogP) is 3.41. The standard InChI is InChI=1S/C18H21NO2/c1-14-9-10-17(16(11-14)12-19(2)3)18(20)21-13-15-7-5-4-6-8-15/h4-11H,12-13H2,1-3H3. The molecule has 0 saturated carbocycles. The fourth-order valence-electron chi connectivity index (χ4n) is 2.19. The number of nitrogens with zero attached hydrogens (tertiary/aromatic N) is 1. The molecule has 0 fully saturated rings. The normalized spacial score (nSPS) is 10.7. The van der Waals surface area contributed by atoms with E-state index in [0.29, 0.717) is 12.2 Å². The molecule has 0 N–H and O–H groups in total. The molecule has 2 rings (SSSR count). The Hall–Kier alpha value is -2.13. The molecule has 0 aromatic heterocycles. The number of hydrogen-bond donors (Lipinski definition) is 0. The smallest absolute Gasteiger partial charge is 0.338 e. The van der Waals surface area contributed by atoms with Gasteiger partial charge in [-0.1, -0.05) is 48.0 Å². The first kappa shape index (κ1) is 15.3. The van der Waals surface area contributed by atoms with E-state index in [2.05, 4.69) is 0 Å². The molecule has 0 atom stereocenters. The average Bonchev–Trinajstić information content (AvgIpc) is 2.45. The van der Waals surface area contributed by atoms with E-state index in [1.807, 2.05) is 74.4 Å². The summed E-state index contributed by atoms with van der Waals surface area (Å²) in [6.07, 6.45) is 0. The Morgan fingerprint density at radius 2 is 1.81 bits per heavy atom. The van der Waals surface area contributed by atoms with Crippen molar-refractivity contribution < 1.29 is 9.53 Å². The molecular formula is C18H21NO2. The van der Waals surface area contributed by atoms with Gasteiger partial charge in [-0.3, -0.25) is 0 Å². The van der Waals surface area contributed by atoms with Crippen molar-refractivity contribution in [3.05, 3.63) is 70.8 Å². The van der Waals surface area contributed by atoms with Gasteiger partial charge in [0.1, 0.15) is 6.61 Å². The van der Waals surface area contributed by atoms with Crippen LogP contribution >= 0.6 is 0 Å². The molecule has 0 spiro atoms. The maximum Gasteiger partial charge on any atom is 0.338 e. The second-order valence-corrected chi connectivity index (χ2v) is 5.46. The minimum absolute atomic E-state index is 0.268. The molecule has 21 heavy (non-hydrogen) atoms. The molecule has 0 heterocycles. The van der Waals surface area contributed by atoms with Crippen LogP contribution in [0.4, 0.5) is 0 Å². The van der Waals surface area contributed by atoms with Crippen LogP contribution in [0.15, 0.2) is 48.5 Å². The Morgan fingerprint density at radius 3 is 2.48 bits per heavy atom. The molecule has 0 aliphatic carbocycles. The van der Waals surface area contributed by atoms with Gasteiger partial charge in [0, 0.05) is 6.54 Å². The second-order valence-electron chi connectivity index (χ2n) is 5.46. The van der Waals surface area contributed by atoms with Gasteiger partial charge in [-0.15, -0.1) is 0 Å². The van der Waals surface area contributed by atoms with Gasteiger partial charge in [-0.2, -0.15) is 0 Å². The van der Waals surface area contributed by atoms with Gasteiger partial charge in [-0.05, 0) is 38.2 Å². The lowest BCUT2D eigenvalue weighted by molar-refractivity contribution is 0.0470. The van der Waals surface area contributed by atoms with Crippen LogP contribution in [0.1, 0.15) is 27.0 Å². The minimum Gasteiger partial charge on any atom is -0.457 e. The quantitative estimate of drug-likeness (QED) is 0.788. The van der Waals surface area contributed by atoms with E-state index in [-0.39, 0.29) is 5.97 Å². The number of esters is 1. The van der Waals surface area contributed by atoms with Crippen molar-refractivity contribution in [3.63, 3.8) is 0 Å². The molecular weight excluding hydrogens is 262 g/mol. The van der Waals surface area contributed by atoms with E-state index in [0.717, 1.165) is 23.2 Å². The van der Waals surface area contributed by atoms with E-state index in [9.17, 15) is 4.79 Å². The lowest BCUT2D eigenvalue weighted by Crippen LogP contribution is -2.15. The molecule has 0 unspecified atom stereocenters. The molecule has 0 amide bonds. The summed E-state index contributed by atoms with van der Waals surface area (Å²) in [7, 11) is 3.98. The molecule has 0 bridgehead atoms. The van der Waals surface area contributed by atoms with Gasteiger partial charge in [0.2, 0.25) is 0 Å². The average molecular weight is 283 g/mol. The molecule has 2 aromatic rings. The molecule has 2 aromatic carbocycles. The van der Waals surface area contributed by atoms with Crippen molar-refractivity contribution in [2.45, 2.75) is 20.1 Å². The Bertz CT molecular complexity index is 606. The van der Waals surface area contributed by atoms with Gasteiger partial charge < -0.3 is 9.64 Å². The zero-order valence-electron chi connectivity index (χ0n) is 12.8. The largest absolute Gasteiger partial charge is 0.457 e. The number of benzene rings is 2. The van der Waals surface area contributed by atoms with Crippen molar-refractivity contribution in [2.24, 2.45) is 0 Å². The number of carbonyl (C=O) groups is 1. The van der Waals surface area contributed by atoms with Gasteiger partial charge in [-0.25, -0.2) is 4.79 Å². The lowest BCUT2D eigenvalue weighted by atomic mass is 10.0. The van der Waals surface area contributed by atoms with Crippen molar-refractivity contribution in [1.82, 2.24) is 4.90 Å². The maximum absolute atomic E-state index is 12.3. The molecule has 0 aliphatic rings. The number of rotatable bonds is 5. The highest BCUT2D eigenvalue weighted by Gasteiger charge is 2.13. The fourth-order valence-corrected chi connectivity index (χ4v) is 2.19. The number of carbonyl (C=O) groups excluding carboxylic acids is 1. The Kier molecular flexibility index (Phi) is 5.12. The van der Waals surface area contributed by atoms with E-state index in [4.69, 9.17) is 4.74 Å². The fraction of sp³-hybridized carbons (Fsp3) is 0.278. The topological polar surface area (TPSA) is 29.5 Å². The number of ether oxygens (including phenoxy) is 1. The van der Waals surface area contributed by atoms with Crippen LogP contribution in [0.2, 0.25) is 0 Å². The van der Waals surface area contributed by atoms with Crippen molar-refractivity contribution >= 4 is 5.97 Å². The van der Waals surface area contributed by atoms with Gasteiger partial charge >= 0.3 is 5.97 Å². The van der Waals surface area contributed by atoms with Crippen LogP contribution in [0, 0.1) is 6.92 Å². The highest BCUT2D eigenvalue weighted by molar-refractivity contribution is 5.91. The Labute approximate surface area is 126 Å². The van der Waals surface area contributed by atoms with Gasteiger partial charge in [0.15, 0.2) is 0 Å². The van der Waals surface area contributed by atoms with E-state index < -0.39 is 0 Å². The molecule has 0 radical (unpaired) electrons. The highest BCUT2D eigenvalue weighted by Crippen LogP contribution is 2.15. The van der Waals surface area contributed by atoms with Crippen LogP contribution in [-0.2, 0) is 17.9 Å². The van der Waals surface area contributed by atoms with Crippen LogP contribution in [0.25, 0.3) is 0 Å². The van der Waals surface area contributed by atoms with Gasteiger partial charge in [0.25, 0.3) is 0 Å². The minimum atomic E-state index is -0.268. The molecule has 0 aliphatic heterocycles. The SMILES string of the molecule is Cc1ccc(C(=O)OCc2ccccc2)c(CN(C)C)c1. The molecule has 110 valence electrons. The van der Waals surface area contributed by atoms with Crippen molar-refractivity contribution in [2.75, 3.05) is 14.1 Å². The van der Waals surface area contributed by atoms with Crippen LogP contribution in [-0.4, -0.2) is 25.0 Å². The molecule has 0 saturated heterocycles. The van der Waals surface area contributed by atoms with E-state index >= 15 is 0 Å². The zero-order chi connectivity index (χ0) is 15.2. The summed E-state index contributed by atoms with van der Waals surface area (Å²) in [5, 5.41) is 0. The zero-order valence-corrected chi connectivity index (χ0v) is 12.8. The maximum atomic E-state index is 12.3. The molecule has 3 heteroatoms. The summed E-state index contributed by atoms with van der Waals surface area (Å²) in [5.41, 5.74) is 3.78. The summed E-state index contributed by atoms with van der Waals surface area (Å²) in [6.45, 7) is 3.05. The first-order chi connectivity index (χ1) is 10.1. The van der Waals surface area contributed by atoms with Crippen molar-refractivity contribution in [3.8, 4) is 0 Å². The predicted molar refractivity (Wildman–Crippen MR) is 84.1 cm³/mol. The third-order valence-corrected chi connectivity index (χ3v) is 3.18. The van der Waals surface area contributed by atoms with Gasteiger partial charge in [0.05, 0.1) is 5.56 Å². The highest BCUT2D eigenvalue weighted by atomic mass is 16.5. The summed E-state index contributed by atoms with van der Waals surface area (Å²) in [4.78, 5) is 14.3. The summed E-state index contributed by atoms with van der Waals surface area (Å²) in [5.74, 6) is -0.268. The molecule has 3 nitrogen and oxygen atoms in total. The van der Waals surface area contributed by atoms with Crippen LogP contribution in [0.5, 0.6) is 0 Å². The number of hydrogen-bond acceptors (Lipinski definition) is 3. The van der Waals surface area contributed by atoms with Crippen LogP contribution < -0.4 is 0 Å². The second kappa shape index (κ2) is 7.04. The summed E-state index contributed by atoms with van der Waals surface area (Å²) in [6, 6.07) is 15.5.